The maximum Gasteiger partial charge on any atom is 0.183 e. The van der Waals surface area contributed by atoms with Gasteiger partial charge in [-0.15, -0.1) is 0 Å². The van der Waals surface area contributed by atoms with Crippen molar-refractivity contribution in [3.63, 3.8) is 0 Å². The van der Waals surface area contributed by atoms with E-state index in [1.807, 2.05) is 24.3 Å². The first-order valence-corrected chi connectivity index (χ1v) is 7.49. The minimum Gasteiger partial charge on any atom is -0.292 e. The van der Waals surface area contributed by atoms with E-state index in [1.54, 1.807) is 6.20 Å². The number of Topliss-reactive ketones (excluding diaryl/α,β-unsaturated/α-hetero) is 1. The first-order valence-electron chi connectivity index (χ1n) is 7.49. The van der Waals surface area contributed by atoms with Gasteiger partial charge in [-0.1, -0.05) is 51.7 Å². The number of hydrogen-bond acceptors (Lipinski definition) is 3. The molecule has 3 heteroatoms. The van der Waals surface area contributed by atoms with Crippen molar-refractivity contribution in [3.05, 3.63) is 36.2 Å². The first-order chi connectivity index (χ1) is 9.74. The van der Waals surface area contributed by atoms with Crippen molar-refractivity contribution < 1.29 is 4.79 Å². The monoisotopic (exact) mass is 270 g/mol. The molecular weight excluding hydrogens is 248 g/mol. The third-order valence-corrected chi connectivity index (χ3v) is 3.75. The number of unbranched alkanes of at least 4 members (excludes halogenated alkanes) is 1. The van der Waals surface area contributed by atoms with Crippen LogP contribution in [0.3, 0.4) is 0 Å². The van der Waals surface area contributed by atoms with Crippen LogP contribution in [-0.2, 0) is 0 Å². The van der Waals surface area contributed by atoms with Crippen LogP contribution in [0, 0.1) is 5.92 Å². The summed E-state index contributed by atoms with van der Waals surface area (Å²) in [4.78, 5) is 21.1. The van der Waals surface area contributed by atoms with Gasteiger partial charge in [0.2, 0.25) is 0 Å². The lowest BCUT2D eigenvalue weighted by Crippen LogP contribution is -2.10. The molecule has 0 N–H and O–H groups in total. The van der Waals surface area contributed by atoms with E-state index in [-0.39, 0.29) is 5.78 Å². The van der Waals surface area contributed by atoms with Crippen LogP contribution in [-0.4, -0.2) is 15.8 Å². The highest BCUT2D eigenvalue weighted by molar-refractivity contribution is 5.95. The van der Waals surface area contributed by atoms with Gasteiger partial charge in [-0.25, -0.2) is 4.98 Å². The zero-order valence-corrected chi connectivity index (χ0v) is 12.3. The highest BCUT2D eigenvalue weighted by Crippen LogP contribution is 2.19. The van der Waals surface area contributed by atoms with Crippen LogP contribution in [0.5, 0.6) is 0 Å². The van der Waals surface area contributed by atoms with Crippen LogP contribution in [0.2, 0.25) is 0 Å². The summed E-state index contributed by atoms with van der Waals surface area (Å²) in [5, 5.41) is 0. The fraction of sp³-hybridized carbons (Fsp3) is 0.471. The summed E-state index contributed by atoms with van der Waals surface area (Å²) < 4.78 is 0. The molecule has 0 radical (unpaired) electrons. The highest BCUT2D eigenvalue weighted by atomic mass is 16.1. The fourth-order valence-corrected chi connectivity index (χ4v) is 2.40. The number of ketones is 1. The maximum atomic E-state index is 12.3. The second-order valence-electron chi connectivity index (χ2n) is 5.29. The number of fused-ring (bicyclic) bond motifs is 1. The molecule has 0 aliphatic heterocycles. The lowest BCUT2D eigenvalue weighted by molar-refractivity contribution is 0.0952. The minimum atomic E-state index is 0.117. The quantitative estimate of drug-likeness (QED) is 0.699. The predicted molar refractivity (Wildman–Crippen MR) is 81.8 cm³/mol. The van der Waals surface area contributed by atoms with Crippen LogP contribution in [0.1, 0.15) is 56.4 Å². The highest BCUT2D eigenvalue weighted by Gasteiger charge is 2.15. The van der Waals surface area contributed by atoms with Gasteiger partial charge in [-0.2, -0.15) is 0 Å². The summed E-state index contributed by atoms with van der Waals surface area (Å²) in [7, 11) is 0. The molecule has 20 heavy (non-hydrogen) atoms. The second kappa shape index (κ2) is 7.13. The Kier molecular flexibility index (Phi) is 5.22. The van der Waals surface area contributed by atoms with Gasteiger partial charge >= 0.3 is 0 Å². The van der Waals surface area contributed by atoms with Crippen molar-refractivity contribution in [1.82, 2.24) is 9.97 Å². The molecule has 0 amide bonds. The van der Waals surface area contributed by atoms with Crippen molar-refractivity contribution >= 4 is 16.8 Å². The molecule has 1 aromatic carbocycles. The molecule has 3 nitrogen and oxygen atoms in total. The van der Waals surface area contributed by atoms with Crippen molar-refractivity contribution in [2.24, 2.45) is 5.92 Å². The molecule has 1 atom stereocenters. The third kappa shape index (κ3) is 3.62. The van der Waals surface area contributed by atoms with E-state index in [2.05, 4.69) is 23.8 Å². The molecule has 0 saturated heterocycles. The number of carbonyl (C=O) groups excluding carboxylic acids is 1. The van der Waals surface area contributed by atoms with E-state index in [0.29, 0.717) is 18.0 Å². The molecule has 0 aliphatic rings. The molecule has 0 fully saturated rings. The Hall–Kier alpha value is -1.77. The van der Waals surface area contributed by atoms with E-state index in [4.69, 9.17) is 0 Å². The Labute approximate surface area is 120 Å². The number of aromatic nitrogens is 2. The molecule has 106 valence electrons. The topological polar surface area (TPSA) is 42.9 Å². The van der Waals surface area contributed by atoms with Gasteiger partial charge in [-0.05, 0) is 18.1 Å². The Morgan fingerprint density at radius 1 is 1.20 bits per heavy atom. The number of carbonyl (C=O) groups is 1. The van der Waals surface area contributed by atoms with Crippen molar-refractivity contribution in [1.29, 1.82) is 0 Å². The summed E-state index contributed by atoms with van der Waals surface area (Å²) in [5.41, 5.74) is 2.13. The van der Waals surface area contributed by atoms with Gasteiger partial charge in [0.1, 0.15) is 5.69 Å². The van der Waals surface area contributed by atoms with Crippen molar-refractivity contribution in [2.75, 3.05) is 0 Å². The van der Waals surface area contributed by atoms with Crippen molar-refractivity contribution in [3.8, 4) is 0 Å². The molecule has 0 spiro atoms. The van der Waals surface area contributed by atoms with Gasteiger partial charge in [0.05, 0.1) is 17.2 Å². The summed E-state index contributed by atoms with van der Waals surface area (Å²) >= 11 is 0. The summed E-state index contributed by atoms with van der Waals surface area (Å²) in [6.45, 7) is 4.34. The number of para-hydroxylation sites is 2. The lowest BCUT2D eigenvalue weighted by Gasteiger charge is -2.13. The summed E-state index contributed by atoms with van der Waals surface area (Å²) in [6.07, 6.45) is 6.74. The normalized spacial score (nSPS) is 12.5. The lowest BCUT2D eigenvalue weighted by atomic mass is 9.93. The summed E-state index contributed by atoms with van der Waals surface area (Å²) in [6, 6.07) is 7.65. The van der Waals surface area contributed by atoms with Crippen LogP contribution in [0.15, 0.2) is 30.5 Å². The van der Waals surface area contributed by atoms with E-state index < -0.39 is 0 Å². The Balaban J connectivity index is 2.10. The largest absolute Gasteiger partial charge is 0.292 e. The maximum absolute atomic E-state index is 12.3. The zero-order valence-electron chi connectivity index (χ0n) is 12.3. The van der Waals surface area contributed by atoms with Crippen LogP contribution < -0.4 is 0 Å². The Morgan fingerprint density at radius 3 is 2.65 bits per heavy atom. The predicted octanol–water partition coefficient (Wildman–Crippen LogP) is 4.42. The molecule has 1 heterocycles. The van der Waals surface area contributed by atoms with Gasteiger partial charge < -0.3 is 0 Å². The zero-order chi connectivity index (χ0) is 14.4. The molecule has 1 aromatic heterocycles. The molecule has 0 aliphatic carbocycles. The van der Waals surface area contributed by atoms with E-state index >= 15 is 0 Å². The number of hydrogen-bond donors (Lipinski definition) is 0. The number of nitrogens with zero attached hydrogens (tertiary/aromatic N) is 2. The number of rotatable bonds is 7. The molecule has 0 bridgehead atoms. The average Bonchev–Trinajstić information content (AvgIpc) is 2.50. The molecule has 2 rings (SSSR count). The van der Waals surface area contributed by atoms with Gasteiger partial charge in [0, 0.05) is 6.42 Å². The SMILES string of the molecule is CCCCC(CC)CC(=O)c1cnc2ccccc2n1. The summed E-state index contributed by atoms with van der Waals surface area (Å²) in [5.74, 6) is 0.585. The standard InChI is InChI=1S/C17H22N2O/c1-3-5-8-13(4-2)11-17(20)16-12-18-14-9-6-7-10-15(14)19-16/h6-7,9-10,12-13H,3-5,8,11H2,1-2H3. The fourth-order valence-electron chi connectivity index (χ4n) is 2.40. The van der Waals surface area contributed by atoms with E-state index in [0.717, 1.165) is 23.9 Å². The van der Waals surface area contributed by atoms with Gasteiger partial charge in [0.15, 0.2) is 5.78 Å². The Morgan fingerprint density at radius 2 is 1.95 bits per heavy atom. The van der Waals surface area contributed by atoms with Crippen molar-refractivity contribution in [2.45, 2.75) is 46.0 Å². The molecule has 0 saturated carbocycles. The average molecular weight is 270 g/mol. The molecule has 1 unspecified atom stereocenters. The van der Waals surface area contributed by atoms with Gasteiger partial charge in [0.25, 0.3) is 0 Å². The van der Waals surface area contributed by atoms with Crippen LogP contribution >= 0.6 is 0 Å². The van der Waals surface area contributed by atoms with Crippen LogP contribution in [0.4, 0.5) is 0 Å². The van der Waals surface area contributed by atoms with Gasteiger partial charge in [-0.3, -0.25) is 9.78 Å². The molecule has 2 aromatic rings. The third-order valence-electron chi connectivity index (χ3n) is 3.75. The smallest absolute Gasteiger partial charge is 0.183 e. The second-order valence-corrected chi connectivity index (χ2v) is 5.29. The van der Waals surface area contributed by atoms with E-state index in [9.17, 15) is 4.79 Å². The first kappa shape index (κ1) is 14.6. The minimum absolute atomic E-state index is 0.117. The number of benzene rings is 1. The molecular formula is C17H22N2O. The van der Waals surface area contributed by atoms with Crippen LogP contribution in [0.25, 0.3) is 11.0 Å². The van der Waals surface area contributed by atoms with E-state index in [1.165, 1.54) is 12.8 Å². The Bertz CT molecular complexity index is 580.